The van der Waals surface area contributed by atoms with Crippen LogP contribution in [-0.4, -0.2) is 45.7 Å². The smallest absolute Gasteiger partial charge is 0.233 e. The molecule has 130 valence electrons. The van der Waals surface area contributed by atoms with E-state index in [-0.39, 0.29) is 30.2 Å². The summed E-state index contributed by atoms with van der Waals surface area (Å²) in [7, 11) is 1.94. The van der Waals surface area contributed by atoms with Crippen molar-refractivity contribution in [3.8, 4) is 0 Å². The third kappa shape index (κ3) is 4.28. The highest BCUT2D eigenvalue weighted by Crippen LogP contribution is 2.24. The van der Waals surface area contributed by atoms with Crippen LogP contribution in [0.5, 0.6) is 0 Å². The molecule has 0 spiro atoms. The zero-order valence-corrected chi connectivity index (χ0v) is 14.9. The Morgan fingerprint density at radius 1 is 1.42 bits per heavy atom. The number of hydrogen-bond acceptors (Lipinski definition) is 4. The fourth-order valence-corrected chi connectivity index (χ4v) is 3.48. The molecule has 24 heavy (non-hydrogen) atoms. The van der Waals surface area contributed by atoms with E-state index in [4.69, 9.17) is 0 Å². The number of aryl methyl sites for hydroxylation is 1. The van der Waals surface area contributed by atoms with Gasteiger partial charge in [0.25, 0.3) is 0 Å². The first-order chi connectivity index (χ1) is 11.1. The lowest BCUT2D eigenvalue weighted by Crippen LogP contribution is -2.50. The third-order valence-electron chi connectivity index (χ3n) is 3.90. The average Bonchev–Trinajstić information content (AvgIpc) is 3.00. The van der Waals surface area contributed by atoms with Gasteiger partial charge in [0.2, 0.25) is 5.91 Å². The standard InChI is InChI=1S/C16H19FN4OS.ClH/c1-20-8-7-19-16(20)14-10-18-6-9-21(14)15(22)11-23-13-4-2-12(17)3-5-13;/h2-5,7-8,14,18H,6,9-11H2,1H3;1H. The van der Waals surface area contributed by atoms with Crippen molar-refractivity contribution < 1.29 is 9.18 Å². The molecule has 1 aliphatic heterocycles. The molecule has 1 aromatic heterocycles. The van der Waals surface area contributed by atoms with E-state index >= 15 is 0 Å². The van der Waals surface area contributed by atoms with Gasteiger partial charge in [-0.3, -0.25) is 4.79 Å². The maximum absolute atomic E-state index is 12.9. The van der Waals surface area contributed by atoms with Crippen molar-refractivity contribution in [2.24, 2.45) is 7.05 Å². The van der Waals surface area contributed by atoms with Gasteiger partial charge in [0.15, 0.2) is 0 Å². The number of nitrogens with one attached hydrogen (secondary N) is 1. The van der Waals surface area contributed by atoms with Crippen LogP contribution in [0.25, 0.3) is 0 Å². The third-order valence-corrected chi connectivity index (χ3v) is 4.89. The molecule has 0 saturated carbocycles. The van der Waals surface area contributed by atoms with Gasteiger partial charge in [-0.2, -0.15) is 0 Å². The van der Waals surface area contributed by atoms with E-state index in [1.165, 1.54) is 23.9 Å². The molecule has 2 heterocycles. The topological polar surface area (TPSA) is 50.2 Å². The monoisotopic (exact) mass is 370 g/mol. The number of thioether (sulfide) groups is 1. The van der Waals surface area contributed by atoms with Gasteiger partial charge in [-0.25, -0.2) is 9.37 Å². The fraction of sp³-hybridized carbons (Fsp3) is 0.375. The molecule has 1 unspecified atom stereocenters. The highest BCUT2D eigenvalue weighted by Gasteiger charge is 2.30. The zero-order valence-electron chi connectivity index (χ0n) is 13.3. The lowest BCUT2D eigenvalue weighted by atomic mass is 10.1. The molecule has 3 rings (SSSR count). The number of rotatable bonds is 4. The molecule has 8 heteroatoms. The number of aromatic nitrogens is 2. The fourth-order valence-electron chi connectivity index (χ4n) is 2.69. The number of carbonyl (C=O) groups excluding carboxylic acids is 1. The van der Waals surface area contributed by atoms with Crippen LogP contribution in [0.1, 0.15) is 11.9 Å². The molecule has 1 aliphatic rings. The lowest BCUT2D eigenvalue weighted by Gasteiger charge is -2.35. The summed E-state index contributed by atoms with van der Waals surface area (Å²) in [5, 5.41) is 3.32. The molecular formula is C16H20ClFN4OS. The molecule has 0 bridgehead atoms. The molecule has 1 fully saturated rings. The van der Waals surface area contributed by atoms with Crippen LogP contribution < -0.4 is 5.32 Å². The average molecular weight is 371 g/mol. The van der Waals surface area contributed by atoms with Gasteiger partial charge in [0.05, 0.1) is 5.75 Å². The van der Waals surface area contributed by atoms with Crippen LogP contribution >= 0.6 is 24.2 Å². The first-order valence-corrected chi connectivity index (χ1v) is 8.49. The maximum atomic E-state index is 12.9. The molecule has 0 radical (unpaired) electrons. The number of amides is 1. The van der Waals surface area contributed by atoms with Gasteiger partial charge < -0.3 is 14.8 Å². The highest BCUT2D eigenvalue weighted by molar-refractivity contribution is 8.00. The van der Waals surface area contributed by atoms with Gasteiger partial charge in [-0.05, 0) is 24.3 Å². The minimum Gasteiger partial charge on any atom is -0.336 e. The van der Waals surface area contributed by atoms with E-state index in [1.807, 2.05) is 22.7 Å². The molecular weight excluding hydrogens is 351 g/mol. The van der Waals surface area contributed by atoms with Crippen LogP contribution in [0.15, 0.2) is 41.6 Å². The van der Waals surface area contributed by atoms with Gasteiger partial charge in [0.1, 0.15) is 17.7 Å². The largest absolute Gasteiger partial charge is 0.336 e. The molecule has 5 nitrogen and oxygen atoms in total. The highest BCUT2D eigenvalue weighted by atomic mass is 35.5. The minimum atomic E-state index is -0.266. The summed E-state index contributed by atoms with van der Waals surface area (Å²) in [6.07, 6.45) is 3.64. The van der Waals surface area contributed by atoms with Crippen molar-refractivity contribution in [2.75, 3.05) is 25.4 Å². The van der Waals surface area contributed by atoms with Crippen molar-refractivity contribution in [1.29, 1.82) is 0 Å². The Kier molecular flexibility index (Phi) is 6.65. The van der Waals surface area contributed by atoms with Gasteiger partial charge in [-0.1, -0.05) is 0 Å². The number of imidazole rings is 1. The SMILES string of the molecule is Cl.Cn1ccnc1C1CNCCN1C(=O)CSc1ccc(F)cc1. The Balaban J connectivity index is 0.00000208. The summed E-state index contributed by atoms with van der Waals surface area (Å²) < 4.78 is 14.9. The molecule has 1 saturated heterocycles. The van der Waals surface area contributed by atoms with E-state index in [0.717, 1.165) is 17.3 Å². The summed E-state index contributed by atoms with van der Waals surface area (Å²) in [5.41, 5.74) is 0. The van der Waals surface area contributed by atoms with Crippen molar-refractivity contribution >= 4 is 30.1 Å². The van der Waals surface area contributed by atoms with Crippen molar-refractivity contribution in [2.45, 2.75) is 10.9 Å². The lowest BCUT2D eigenvalue weighted by molar-refractivity contribution is -0.131. The number of nitrogens with zero attached hydrogens (tertiary/aromatic N) is 3. The second kappa shape index (κ2) is 8.50. The van der Waals surface area contributed by atoms with E-state index in [2.05, 4.69) is 10.3 Å². The maximum Gasteiger partial charge on any atom is 0.233 e. The van der Waals surface area contributed by atoms with Crippen LogP contribution in [0.4, 0.5) is 4.39 Å². The first-order valence-electron chi connectivity index (χ1n) is 7.51. The number of hydrogen-bond donors (Lipinski definition) is 1. The molecule has 1 amide bonds. The Hall–Kier alpha value is -1.57. The summed E-state index contributed by atoms with van der Waals surface area (Å²) in [5.74, 6) is 1.04. The molecule has 1 aromatic carbocycles. The normalized spacial score (nSPS) is 17.4. The van der Waals surface area contributed by atoms with E-state index in [9.17, 15) is 9.18 Å². The van der Waals surface area contributed by atoms with Crippen LogP contribution in [0.2, 0.25) is 0 Å². The Labute approximate surface area is 151 Å². The minimum absolute atomic E-state index is 0. The number of halogens is 2. The first kappa shape index (κ1) is 18.8. The van der Waals surface area contributed by atoms with Crippen molar-refractivity contribution in [3.63, 3.8) is 0 Å². The molecule has 0 aliphatic carbocycles. The Morgan fingerprint density at radius 3 is 2.83 bits per heavy atom. The quantitative estimate of drug-likeness (QED) is 0.839. The predicted molar refractivity (Wildman–Crippen MR) is 94.9 cm³/mol. The second-order valence-electron chi connectivity index (χ2n) is 5.45. The van der Waals surface area contributed by atoms with Crippen molar-refractivity contribution in [3.05, 3.63) is 48.3 Å². The molecule has 1 atom stereocenters. The predicted octanol–water partition coefficient (Wildman–Crippen LogP) is 2.25. The van der Waals surface area contributed by atoms with Gasteiger partial charge in [-0.15, -0.1) is 24.2 Å². The van der Waals surface area contributed by atoms with Gasteiger partial charge >= 0.3 is 0 Å². The summed E-state index contributed by atoms with van der Waals surface area (Å²) in [4.78, 5) is 19.8. The second-order valence-corrected chi connectivity index (χ2v) is 6.49. The summed E-state index contributed by atoms with van der Waals surface area (Å²) in [6, 6.07) is 6.16. The molecule has 1 N–H and O–H groups in total. The van der Waals surface area contributed by atoms with Crippen LogP contribution in [-0.2, 0) is 11.8 Å². The number of piperazine rings is 1. The van der Waals surface area contributed by atoms with Crippen LogP contribution in [0.3, 0.4) is 0 Å². The summed E-state index contributed by atoms with van der Waals surface area (Å²) in [6.45, 7) is 2.16. The summed E-state index contributed by atoms with van der Waals surface area (Å²) >= 11 is 1.43. The zero-order chi connectivity index (χ0) is 16.2. The van der Waals surface area contributed by atoms with E-state index in [1.54, 1.807) is 18.3 Å². The van der Waals surface area contributed by atoms with Crippen molar-refractivity contribution in [1.82, 2.24) is 19.8 Å². The molecule has 2 aromatic rings. The van der Waals surface area contributed by atoms with Gasteiger partial charge in [0, 0.05) is 44.0 Å². The van der Waals surface area contributed by atoms with Crippen LogP contribution in [0, 0.1) is 5.82 Å². The Morgan fingerprint density at radius 2 is 2.17 bits per heavy atom. The Bertz CT molecular complexity index is 679. The number of benzene rings is 1. The number of carbonyl (C=O) groups is 1. The van der Waals surface area contributed by atoms with E-state index in [0.29, 0.717) is 18.8 Å². The van der Waals surface area contributed by atoms with E-state index < -0.39 is 0 Å².